The molecule has 0 heterocycles. The zero-order chi connectivity index (χ0) is 15.3. The molecule has 0 aliphatic heterocycles. The van der Waals surface area contributed by atoms with Crippen LogP contribution in [0, 0.1) is 11.3 Å². The second kappa shape index (κ2) is 6.91. The van der Waals surface area contributed by atoms with Crippen LogP contribution in [-0.4, -0.2) is 24.8 Å². The number of hydrogen-bond acceptors (Lipinski definition) is 3. The second-order valence-electron chi connectivity index (χ2n) is 6.73. The first-order valence-corrected chi connectivity index (χ1v) is 7.43. The van der Waals surface area contributed by atoms with E-state index in [1.165, 1.54) is 0 Å². The van der Waals surface area contributed by atoms with Crippen LogP contribution in [0.25, 0.3) is 0 Å². The number of nitrogens with one attached hydrogen (secondary N) is 2. The molecule has 0 aromatic rings. The van der Waals surface area contributed by atoms with E-state index in [2.05, 4.69) is 16.7 Å². The Balaban J connectivity index is 2.74. The molecule has 1 aliphatic carbocycles. The van der Waals surface area contributed by atoms with Crippen LogP contribution in [0.2, 0.25) is 0 Å². The second-order valence-corrected chi connectivity index (χ2v) is 6.73. The third-order valence-electron chi connectivity index (χ3n) is 3.86. The standard InChI is InChI=1S/C16H28N2O2/c1-11(19)14(16(2,3)4)18-15(20)12-8-6-7-9-13(10-12)17-5/h9,12,14,17H,6-8,10H2,1-5H3,(H,18,20)/t12?,14-/m0/s1. The van der Waals surface area contributed by atoms with Crippen molar-refractivity contribution in [3.8, 4) is 0 Å². The molecule has 0 saturated heterocycles. The molecule has 20 heavy (non-hydrogen) atoms. The molecule has 0 bridgehead atoms. The van der Waals surface area contributed by atoms with Crippen LogP contribution in [0.4, 0.5) is 0 Å². The molecule has 1 amide bonds. The van der Waals surface area contributed by atoms with Crippen molar-refractivity contribution in [1.29, 1.82) is 0 Å². The minimum Gasteiger partial charge on any atom is -0.392 e. The van der Waals surface area contributed by atoms with Crippen LogP contribution >= 0.6 is 0 Å². The summed E-state index contributed by atoms with van der Waals surface area (Å²) in [6, 6.07) is -0.416. The number of allylic oxidation sites excluding steroid dienone is 2. The number of ketones is 1. The fourth-order valence-electron chi connectivity index (χ4n) is 2.71. The summed E-state index contributed by atoms with van der Waals surface area (Å²) in [5.74, 6) is -0.0209. The average molecular weight is 280 g/mol. The first kappa shape index (κ1) is 16.7. The maximum Gasteiger partial charge on any atom is 0.224 e. The van der Waals surface area contributed by atoms with E-state index >= 15 is 0 Å². The first-order chi connectivity index (χ1) is 9.25. The van der Waals surface area contributed by atoms with Gasteiger partial charge in [-0.05, 0) is 38.0 Å². The van der Waals surface area contributed by atoms with Gasteiger partial charge in [-0.1, -0.05) is 26.8 Å². The normalized spacial score (nSPS) is 21.4. The maximum absolute atomic E-state index is 12.5. The summed E-state index contributed by atoms with van der Waals surface area (Å²) in [7, 11) is 1.89. The highest BCUT2D eigenvalue weighted by atomic mass is 16.2. The number of rotatable bonds is 4. The monoisotopic (exact) mass is 280 g/mol. The topological polar surface area (TPSA) is 58.2 Å². The summed E-state index contributed by atoms with van der Waals surface area (Å²) < 4.78 is 0. The van der Waals surface area contributed by atoms with Gasteiger partial charge in [0.1, 0.15) is 0 Å². The van der Waals surface area contributed by atoms with E-state index in [0.717, 1.165) is 31.4 Å². The van der Waals surface area contributed by atoms with Crippen molar-refractivity contribution in [2.45, 2.75) is 59.4 Å². The first-order valence-electron chi connectivity index (χ1n) is 7.43. The van der Waals surface area contributed by atoms with Crippen LogP contribution in [-0.2, 0) is 9.59 Å². The molecule has 0 aromatic heterocycles. The minimum absolute atomic E-state index is 0.00294. The van der Waals surface area contributed by atoms with Gasteiger partial charge in [-0.3, -0.25) is 9.59 Å². The van der Waals surface area contributed by atoms with Crippen LogP contribution < -0.4 is 10.6 Å². The molecule has 0 spiro atoms. The van der Waals surface area contributed by atoms with E-state index < -0.39 is 6.04 Å². The lowest BCUT2D eigenvalue weighted by Gasteiger charge is -2.30. The lowest BCUT2D eigenvalue weighted by atomic mass is 9.84. The van der Waals surface area contributed by atoms with Crippen LogP contribution in [0.15, 0.2) is 11.8 Å². The molecule has 0 fully saturated rings. The molecule has 1 rings (SSSR count). The van der Waals surface area contributed by atoms with Gasteiger partial charge in [0.2, 0.25) is 5.91 Å². The van der Waals surface area contributed by atoms with Gasteiger partial charge < -0.3 is 10.6 Å². The Morgan fingerprint density at radius 1 is 1.35 bits per heavy atom. The molecule has 0 saturated carbocycles. The van der Waals surface area contributed by atoms with Crippen molar-refractivity contribution in [3.05, 3.63) is 11.8 Å². The fraction of sp³-hybridized carbons (Fsp3) is 0.750. The summed E-state index contributed by atoms with van der Waals surface area (Å²) in [4.78, 5) is 24.2. The van der Waals surface area contributed by atoms with Gasteiger partial charge in [0, 0.05) is 18.7 Å². The third kappa shape index (κ3) is 4.66. The lowest BCUT2D eigenvalue weighted by molar-refractivity contribution is -0.131. The SMILES string of the molecule is CNC1=CCCCC(C(=O)N[C@@H](C(C)=O)C(C)(C)C)C1. The molecule has 0 radical (unpaired) electrons. The molecule has 0 aromatic carbocycles. The average Bonchev–Trinajstić information content (AvgIpc) is 2.59. The van der Waals surface area contributed by atoms with Gasteiger partial charge in [-0.25, -0.2) is 0 Å². The molecule has 114 valence electrons. The molecule has 4 heteroatoms. The van der Waals surface area contributed by atoms with E-state index in [-0.39, 0.29) is 23.0 Å². The number of Topliss-reactive ketones (excluding diaryl/α,β-unsaturated/α-hetero) is 1. The lowest BCUT2D eigenvalue weighted by Crippen LogP contribution is -2.50. The van der Waals surface area contributed by atoms with Gasteiger partial charge in [-0.2, -0.15) is 0 Å². The smallest absolute Gasteiger partial charge is 0.224 e. The molecular formula is C16H28N2O2. The Morgan fingerprint density at radius 2 is 2.00 bits per heavy atom. The summed E-state index contributed by atoms with van der Waals surface area (Å²) in [5.41, 5.74) is 0.867. The Labute approximate surface area is 122 Å². The molecular weight excluding hydrogens is 252 g/mol. The van der Waals surface area contributed by atoms with Crippen LogP contribution in [0.5, 0.6) is 0 Å². The highest BCUT2D eigenvalue weighted by Crippen LogP contribution is 2.24. The number of carbonyl (C=O) groups excluding carboxylic acids is 2. The van der Waals surface area contributed by atoms with Gasteiger partial charge in [-0.15, -0.1) is 0 Å². The Kier molecular flexibility index (Phi) is 5.78. The zero-order valence-electron chi connectivity index (χ0n) is 13.4. The Hall–Kier alpha value is -1.32. The van der Waals surface area contributed by atoms with Gasteiger partial charge in [0.15, 0.2) is 5.78 Å². The Bertz CT molecular complexity index is 394. The van der Waals surface area contributed by atoms with Crippen molar-refractivity contribution in [2.24, 2.45) is 11.3 Å². The fourth-order valence-corrected chi connectivity index (χ4v) is 2.71. The number of amides is 1. The molecule has 1 aliphatic rings. The summed E-state index contributed by atoms with van der Waals surface area (Å²) in [6.07, 6.45) is 5.80. The summed E-state index contributed by atoms with van der Waals surface area (Å²) in [6.45, 7) is 7.48. The van der Waals surface area contributed by atoms with E-state index in [1.54, 1.807) is 6.92 Å². The minimum atomic E-state index is -0.416. The molecule has 4 nitrogen and oxygen atoms in total. The van der Waals surface area contributed by atoms with E-state index in [9.17, 15) is 9.59 Å². The molecule has 2 N–H and O–H groups in total. The quantitative estimate of drug-likeness (QED) is 0.831. The van der Waals surface area contributed by atoms with Crippen molar-refractivity contribution in [1.82, 2.24) is 10.6 Å². The summed E-state index contributed by atoms with van der Waals surface area (Å²) in [5, 5.41) is 6.10. The maximum atomic E-state index is 12.5. The van der Waals surface area contributed by atoms with Gasteiger partial charge in [0.05, 0.1) is 6.04 Å². The predicted octanol–water partition coefficient (Wildman–Crippen LogP) is 2.40. The largest absolute Gasteiger partial charge is 0.392 e. The highest BCUT2D eigenvalue weighted by molar-refractivity contribution is 5.89. The highest BCUT2D eigenvalue weighted by Gasteiger charge is 2.32. The van der Waals surface area contributed by atoms with Crippen molar-refractivity contribution in [3.63, 3.8) is 0 Å². The summed E-state index contributed by atoms with van der Waals surface area (Å²) >= 11 is 0. The van der Waals surface area contributed by atoms with Crippen LogP contribution in [0.1, 0.15) is 53.4 Å². The van der Waals surface area contributed by atoms with E-state index in [1.807, 2.05) is 27.8 Å². The number of hydrogen-bond donors (Lipinski definition) is 2. The Morgan fingerprint density at radius 3 is 2.50 bits per heavy atom. The third-order valence-corrected chi connectivity index (χ3v) is 3.86. The predicted molar refractivity (Wildman–Crippen MR) is 81.2 cm³/mol. The van der Waals surface area contributed by atoms with Crippen LogP contribution in [0.3, 0.4) is 0 Å². The zero-order valence-corrected chi connectivity index (χ0v) is 13.4. The van der Waals surface area contributed by atoms with Crippen molar-refractivity contribution in [2.75, 3.05) is 7.05 Å². The molecule has 1 unspecified atom stereocenters. The van der Waals surface area contributed by atoms with Gasteiger partial charge >= 0.3 is 0 Å². The van der Waals surface area contributed by atoms with Gasteiger partial charge in [0.25, 0.3) is 0 Å². The molecule has 2 atom stereocenters. The van der Waals surface area contributed by atoms with E-state index in [4.69, 9.17) is 0 Å². The van der Waals surface area contributed by atoms with E-state index in [0.29, 0.717) is 0 Å². The van der Waals surface area contributed by atoms with Crippen molar-refractivity contribution >= 4 is 11.7 Å². The van der Waals surface area contributed by atoms with Crippen molar-refractivity contribution < 1.29 is 9.59 Å². The number of carbonyl (C=O) groups is 2.